The predicted octanol–water partition coefficient (Wildman–Crippen LogP) is 2.76. The molecular weight excluding hydrogens is 216 g/mol. The number of para-hydroxylation sites is 1. The molecule has 1 aromatic carbocycles. The van der Waals surface area contributed by atoms with Crippen LogP contribution < -0.4 is 11.5 Å². The smallest absolute Gasteiger partial charge is 0.408 e. The Balaban J connectivity index is 2.27. The number of hydrogen-bond donors (Lipinski definition) is 1. The number of aromatic nitrogens is 1. The number of anilines is 1. The van der Waals surface area contributed by atoms with E-state index in [4.69, 9.17) is 10.2 Å². The molecule has 0 spiro atoms. The van der Waals surface area contributed by atoms with E-state index < -0.39 is 0 Å². The molecule has 2 aromatic rings. The minimum Gasteiger partial charge on any atom is -0.408 e. The summed E-state index contributed by atoms with van der Waals surface area (Å²) in [4.78, 5) is 11.7. The lowest BCUT2D eigenvalue weighted by atomic mass is 10.2. The lowest BCUT2D eigenvalue weighted by Gasteiger charge is -2.03. The zero-order chi connectivity index (χ0) is 12.3. The molecule has 0 unspecified atom stereocenters. The van der Waals surface area contributed by atoms with Crippen LogP contribution in [0.4, 0.5) is 5.69 Å². The molecule has 2 rings (SSSR count). The van der Waals surface area contributed by atoms with Crippen LogP contribution in [0.15, 0.2) is 27.4 Å². The van der Waals surface area contributed by atoms with Gasteiger partial charge in [0.25, 0.3) is 0 Å². The van der Waals surface area contributed by atoms with Gasteiger partial charge in [0.05, 0.1) is 5.69 Å². The average molecular weight is 234 g/mol. The van der Waals surface area contributed by atoms with Crippen molar-refractivity contribution in [2.24, 2.45) is 0 Å². The van der Waals surface area contributed by atoms with Crippen molar-refractivity contribution in [1.29, 1.82) is 0 Å². The van der Waals surface area contributed by atoms with Crippen molar-refractivity contribution in [2.45, 2.75) is 39.2 Å². The summed E-state index contributed by atoms with van der Waals surface area (Å²) in [7, 11) is 0. The molecule has 0 aliphatic heterocycles. The molecule has 0 aliphatic rings. The van der Waals surface area contributed by atoms with Crippen LogP contribution in [0.25, 0.3) is 11.1 Å². The van der Waals surface area contributed by atoms with Crippen molar-refractivity contribution in [3.8, 4) is 0 Å². The standard InChI is InChI=1S/C13H18N2O2/c1-2-3-4-5-9-15-12-10(14)7-6-8-11(12)17-13(15)16/h6-8H,2-5,9,14H2,1H3. The Hall–Kier alpha value is -1.71. The Bertz CT molecular complexity index is 554. The Morgan fingerprint density at radius 3 is 2.88 bits per heavy atom. The molecule has 1 aromatic heterocycles. The highest BCUT2D eigenvalue weighted by atomic mass is 16.4. The summed E-state index contributed by atoms with van der Waals surface area (Å²) in [6.45, 7) is 2.84. The minimum absolute atomic E-state index is 0.311. The van der Waals surface area contributed by atoms with Gasteiger partial charge in [-0.3, -0.25) is 4.57 Å². The molecule has 4 nitrogen and oxygen atoms in total. The van der Waals surface area contributed by atoms with Crippen LogP contribution in [0.3, 0.4) is 0 Å². The van der Waals surface area contributed by atoms with Crippen LogP contribution >= 0.6 is 0 Å². The fourth-order valence-electron chi connectivity index (χ4n) is 2.05. The number of nitrogen functional groups attached to an aromatic ring is 1. The maximum absolute atomic E-state index is 11.7. The molecule has 0 amide bonds. The molecule has 92 valence electrons. The fourth-order valence-corrected chi connectivity index (χ4v) is 2.05. The van der Waals surface area contributed by atoms with Crippen LogP contribution in [0.1, 0.15) is 32.6 Å². The van der Waals surface area contributed by atoms with E-state index in [0.717, 1.165) is 18.4 Å². The van der Waals surface area contributed by atoms with Gasteiger partial charge in [-0.15, -0.1) is 0 Å². The fraction of sp³-hybridized carbons (Fsp3) is 0.462. The Morgan fingerprint density at radius 2 is 2.12 bits per heavy atom. The van der Waals surface area contributed by atoms with E-state index in [-0.39, 0.29) is 5.76 Å². The summed E-state index contributed by atoms with van der Waals surface area (Å²) in [5, 5.41) is 0. The van der Waals surface area contributed by atoms with Gasteiger partial charge in [0.2, 0.25) is 0 Å². The number of benzene rings is 1. The molecule has 17 heavy (non-hydrogen) atoms. The number of nitrogens with zero attached hydrogens (tertiary/aromatic N) is 1. The molecule has 0 bridgehead atoms. The van der Waals surface area contributed by atoms with Crippen LogP contribution in [-0.2, 0) is 6.54 Å². The lowest BCUT2D eigenvalue weighted by Crippen LogP contribution is -2.14. The Labute approximate surface area is 100 Å². The topological polar surface area (TPSA) is 61.2 Å². The maximum atomic E-state index is 11.7. The van der Waals surface area contributed by atoms with Gasteiger partial charge in [-0.25, -0.2) is 4.79 Å². The average Bonchev–Trinajstić information content (AvgIpc) is 2.62. The Morgan fingerprint density at radius 1 is 1.29 bits per heavy atom. The number of hydrogen-bond acceptors (Lipinski definition) is 3. The summed E-state index contributed by atoms with van der Waals surface area (Å²) in [5.41, 5.74) is 7.79. The number of rotatable bonds is 5. The first kappa shape index (κ1) is 11.8. The molecule has 0 saturated carbocycles. The zero-order valence-corrected chi connectivity index (χ0v) is 10.1. The van der Waals surface area contributed by atoms with Gasteiger partial charge in [-0.05, 0) is 18.6 Å². The summed E-state index contributed by atoms with van der Waals surface area (Å²) in [6.07, 6.45) is 4.49. The quantitative estimate of drug-likeness (QED) is 0.639. The first-order valence-electron chi connectivity index (χ1n) is 6.12. The van der Waals surface area contributed by atoms with Crippen molar-refractivity contribution >= 4 is 16.8 Å². The first-order chi connectivity index (χ1) is 8.24. The van der Waals surface area contributed by atoms with Crippen LogP contribution in [-0.4, -0.2) is 4.57 Å². The molecule has 2 N–H and O–H groups in total. The van der Waals surface area contributed by atoms with Crippen LogP contribution in [0.2, 0.25) is 0 Å². The Kier molecular flexibility index (Phi) is 3.52. The molecule has 0 saturated heterocycles. The van der Waals surface area contributed by atoms with Gasteiger partial charge in [-0.1, -0.05) is 32.3 Å². The molecular formula is C13H18N2O2. The third kappa shape index (κ3) is 2.35. The van der Waals surface area contributed by atoms with E-state index in [1.807, 2.05) is 0 Å². The molecule has 0 radical (unpaired) electrons. The summed E-state index contributed by atoms with van der Waals surface area (Å²) < 4.78 is 6.80. The second-order valence-corrected chi connectivity index (χ2v) is 4.27. The number of fused-ring (bicyclic) bond motifs is 1. The van der Waals surface area contributed by atoms with Gasteiger partial charge in [-0.2, -0.15) is 0 Å². The van der Waals surface area contributed by atoms with Crippen molar-refractivity contribution in [3.63, 3.8) is 0 Å². The van der Waals surface area contributed by atoms with Crippen molar-refractivity contribution < 1.29 is 4.42 Å². The minimum atomic E-state index is -0.311. The second kappa shape index (κ2) is 5.08. The summed E-state index contributed by atoms with van der Waals surface area (Å²) in [6, 6.07) is 5.36. The molecule has 4 heteroatoms. The highest BCUT2D eigenvalue weighted by Gasteiger charge is 2.10. The third-order valence-corrected chi connectivity index (χ3v) is 2.95. The van der Waals surface area contributed by atoms with Crippen molar-refractivity contribution in [3.05, 3.63) is 28.7 Å². The van der Waals surface area contributed by atoms with E-state index in [1.165, 1.54) is 12.8 Å². The number of aryl methyl sites for hydroxylation is 1. The van der Waals surface area contributed by atoms with Crippen LogP contribution in [0.5, 0.6) is 0 Å². The van der Waals surface area contributed by atoms with E-state index in [2.05, 4.69) is 6.92 Å². The van der Waals surface area contributed by atoms with Crippen molar-refractivity contribution in [2.75, 3.05) is 5.73 Å². The number of oxazole rings is 1. The molecule has 0 aliphatic carbocycles. The van der Waals surface area contributed by atoms with E-state index >= 15 is 0 Å². The first-order valence-corrected chi connectivity index (χ1v) is 6.12. The summed E-state index contributed by atoms with van der Waals surface area (Å²) in [5.74, 6) is -0.311. The SMILES string of the molecule is CCCCCCn1c(=O)oc2cccc(N)c21. The largest absolute Gasteiger partial charge is 0.420 e. The number of nitrogens with two attached hydrogens (primary N) is 1. The van der Waals surface area contributed by atoms with Gasteiger partial charge in [0.1, 0.15) is 5.52 Å². The third-order valence-electron chi connectivity index (χ3n) is 2.95. The predicted molar refractivity (Wildman–Crippen MR) is 69.0 cm³/mol. The molecule has 0 atom stereocenters. The lowest BCUT2D eigenvalue weighted by molar-refractivity contribution is 0.489. The normalized spacial score (nSPS) is 11.1. The van der Waals surface area contributed by atoms with E-state index in [0.29, 0.717) is 17.8 Å². The van der Waals surface area contributed by atoms with E-state index in [1.54, 1.807) is 22.8 Å². The summed E-state index contributed by atoms with van der Waals surface area (Å²) >= 11 is 0. The molecule has 0 fully saturated rings. The van der Waals surface area contributed by atoms with Gasteiger partial charge in [0, 0.05) is 6.54 Å². The highest BCUT2D eigenvalue weighted by Crippen LogP contribution is 2.20. The monoisotopic (exact) mass is 234 g/mol. The van der Waals surface area contributed by atoms with Gasteiger partial charge in [0.15, 0.2) is 5.58 Å². The van der Waals surface area contributed by atoms with Gasteiger partial charge >= 0.3 is 5.76 Å². The van der Waals surface area contributed by atoms with E-state index in [9.17, 15) is 4.79 Å². The second-order valence-electron chi connectivity index (χ2n) is 4.27. The van der Waals surface area contributed by atoms with Crippen molar-refractivity contribution in [1.82, 2.24) is 4.57 Å². The highest BCUT2D eigenvalue weighted by molar-refractivity contribution is 5.85. The van der Waals surface area contributed by atoms with Gasteiger partial charge < -0.3 is 10.2 Å². The maximum Gasteiger partial charge on any atom is 0.420 e. The number of unbranched alkanes of at least 4 members (excludes halogenated alkanes) is 3. The van der Waals surface area contributed by atoms with Crippen LogP contribution in [0, 0.1) is 0 Å². The molecule has 1 heterocycles. The zero-order valence-electron chi connectivity index (χ0n) is 10.1.